The second-order valence-corrected chi connectivity index (χ2v) is 5.12. The molecule has 1 heterocycles. The molecule has 0 unspecified atom stereocenters. The molecule has 0 bridgehead atoms. The average Bonchev–Trinajstić information content (AvgIpc) is 2.68. The van der Waals surface area contributed by atoms with Crippen LogP contribution in [0.4, 0.5) is 0 Å². The normalized spacial score (nSPS) is 10.9. The van der Waals surface area contributed by atoms with E-state index in [1.165, 1.54) is 5.56 Å². The Morgan fingerprint density at radius 3 is 2.42 bits per heavy atom. The molecule has 0 fully saturated rings. The Balaban J connectivity index is 2.48. The Bertz CT molecular complexity index is 582. The summed E-state index contributed by atoms with van der Waals surface area (Å²) >= 11 is 0. The average molecular weight is 257 g/mol. The molecule has 2 aromatic rings. The molecular weight excluding hydrogens is 238 g/mol. The fraction of sp³-hybridized carbons (Fsp3) is 0.312. The van der Waals surface area contributed by atoms with Crippen LogP contribution in [0.2, 0.25) is 0 Å². The number of rotatable bonds is 4. The first-order valence-electron chi connectivity index (χ1n) is 6.48. The molecule has 0 atom stereocenters. The second-order valence-electron chi connectivity index (χ2n) is 5.12. The zero-order valence-electron chi connectivity index (χ0n) is 11.6. The monoisotopic (exact) mass is 257 g/mol. The second kappa shape index (κ2) is 5.31. The number of aromatic nitrogens is 1. The molecule has 0 radical (unpaired) electrons. The van der Waals surface area contributed by atoms with Crippen molar-refractivity contribution >= 4 is 5.97 Å². The lowest BCUT2D eigenvalue weighted by Crippen LogP contribution is -2.10. The molecule has 0 saturated heterocycles. The van der Waals surface area contributed by atoms with Gasteiger partial charge in [-0.25, -0.2) is 4.79 Å². The van der Waals surface area contributed by atoms with Crippen LogP contribution in [-0.4, -0.2) is 15.6 Å². The molecule has 0 amide bonds. The van der Waals surface area contributed by atoms with Crippen molar-refractivity contribution in [3.05, 3.63) is 58.9 Å². The minimum Gasteiger partial charge on any atom is -0.478 e. The highest BCUT2D eigenvalue weighted by molar-refractivity contribution is 5.89. The van der Waals surface area contributed by atoms with E-state index >= 15 is 0 Å². The van der Waals surface area contributed by atoms with E-state index in [4.69, 9.17) is 0 Å². The van der Waals surface area contributed by atoms with Gasteiger partial charge in [-0.2, -0.15) is 0 Å². The van der Waals surface area contributed by atoms with Gasteiger partial charge < -0.3 is 9.67 Å². The van der Waals surface area contributed by atoms with Crippen molar-refractivity contribution in [2.75, 3.05) is 0 Å². The number of aryl methyl sites for hydroxylation is 1. The molecule has 1 N–H and O–H groups in total. The molecule has 3 nitrogen and oxygen atoms in total. The summed E-state index contributed by atoms with van der Waals surface area (Å²) in [5.41, 5.74) is 3.49. The molecule has 100 valence electrons. The van der Waals surface area contributed by atoms with Crippen molar-refractivity contribution in [3.63, 3.8) is 0 Å². The lowest BCUT2D eigenvalue weighted by atomic mass is 10.1. The van der Waals surface area contributed by atoms with Crippen molar-refractivity contribution in [2.24, 2.45) is 0 Å². The van der Waals surface area contributed by atoms with Crippen LogP contribution in [0, 0.1) is 6.92 Å². The molecule has 2 rings (SSSR count). The summed E-state index contributed by atoms with van der Waals surface area (Å²) in [4.78, 5) is 11.3. The molecular formula is C16H19NO2. The Hall–Kier alpha value is -2.03. The zero-order valence-corrected chi connectivity index (χ0v) is 11.6. The van der Waals surface area contributed by atoms with Crippen LogP contribution in [-0.2, 0) is 6.54 Å². The van der Waals surface area contributed by atoms with E-state index in [0.29, 0.717) is 12.1 Å². The van der Waals surface area contributed by atoms with Gasteiger partial charge in [0.2, 0.25) is 0 Å². The summed E-state index contributed by atoms with van der Waals surface area (Å²) in [6, 6.07) is 11.9. The molecule has 0 saturated carbocycles. The van der Waals surface area contributed by atoms with E-state index in [2.05, 4.69) is 16.7 Å². The Morgan fingerprint density at radius 1 is 1.26 bits per heavy atom. The molecule has 1 aromatic heterocycles. The van der Waals surface area contributed by atoms with Gasteiger partial charge in [-0.05, 0) is 24.5 Å². The van der Waals surface area contributed by atoms with Gasteiger partial charge in [0.15, 0.2) is 0 Å². The van der Waals surface area contributed by atoms with Crippen molar-refractivity contribution < 1.29 is 9.90 Å². The molecule has 0 spiro atoms. The number of carboxylic acid groups (broad SMARTS) is 1. The number of aromatic carboxylic acids is 1. The lowest BCUT2D eigenvalue weighted by molar-refractivity contribution is 0.0695. The van der Waals surface area contributed by atoms with Gasteiger partial charge >= 0.3 is 5.97 Å². The number of hydrogen-bond acceptors (Lipinski definition) is 1. The summed E-state index contributed by atoms with van der Waals surface area (Å²) in [6.45, 7) is 6.74. The van der Waals surface area contributed by atoms with Gasteiger partial charge in [0.1, 0.15) is 0 Å². The third-order valence-corrected chi connectivity index (χ3v) is 3.31. The van der Waals surface area contributed by atoms with Crippen LogP contribution >= 0.6 is 0 Å². The maximum absolute atomic E-state index is 11.3. The van der Waals surface area contributed by atoms with Crippen LogP contribution in [0.25, 0.3) is 0 Å². The fourth-order valence-corrected chi connectivity index (χ4v) is 2.47. The lowest BCUT2D eigenvalue weighted by Gasteiger charge is -2.15. The number of carboxylic acids is 1. The topological polar surface area (TPSA) is 42.2 Å². The minimum absolute atomic E-state index is 0.184. The van der Waals surface area contributed by atoms with Gasteiger partial charge in [0.25, 0.3) is 0 Å². The quantitative estimate of drug-likeness (QED) is 0.908. The predicted molar refractivity (Wildman–Crippen MR) is 75.8 cm³/mol. The molecule has 0 aliphatic rings. The first kappa shape index (κ1) is 13.4. The van der Waals surface area contributed by atoms with Gasteiger partial charge in [-0.3, -0.25) is 0 Å². The standard InChI is InChI=1S/C16H19NO2/c1-11(2)15-14(16(18)19)9-12(3)17(15)10-13-7-5-4-6-8-13/h4-9,11H,10H2,1-3H3,(H,18,19). The van der Waals surface area contributed by atoms with E-state index in [-0.39, 0.29) is 5.92 Å². The van der Waals surface area contributed by atoms with Crippen LogP contribution < -0.4 is 0 Å². The number of benzene rings is 1. The maximum atomic E-state index is 11.3. The highest BCUT2D eigenvalue weighted by Gasteiger charge is 2.20. The van der Waals surface area contributed by atoms with Gasteiger partial charge in [-0.1, -0.05) is 44.2 Å². The largest absolute Gasteiger partial charge is 0.478 e. The molecule has 19 heavy (non-hydrogen) atoms. The van der Waals surface area contributed by atoms with Crippen LogP contribution in [0.3, 0.4) is 0 Å². The highest BCUT2D eigenvalue weighted by Crippen LogP contribution is 2.25. The van der Waals surface area contributed by atoms with Gasteiger partial charge in [0.05, 0.1) is 5.56 Å². The van der Waals surface area contributed by atoms with Crippen molar-refractivity contribution in [2.45, 2.75) is 33.2 Å². The number of nitrogens with zero attached hydrogens (tertiary/aromatic N) is 1. The molecule has 0 aliphatic heterocycles. The summed E-state index contributed by atoms with van der Waals surface area (Å²) in [5.74, 6) is -0.665. The van der Waals surface area contributed by atoms with Crippen molar-refractivity contribution in [3.8, 4) is 0 Å². The number of hydrogen-bond donors (Lipinski definition) is 1. The van der Waals surface area contributed by atoms with Crippen LogP contribution in [0.5, 0.6) is 0 Å². The number of carbonyl (C=O) groups is 1. The van der Waals surface area contributed by atoms with Crippen LogP contribution in [0.15, 0.2) is 36.4 Å². The first-order chi connectivity index (χ1) is 9.00. The van der Waals surface area contributed by atoms with Crippen molar-refractivity contribution in [1.82, 2.24) is 4.57 Å². The van der Waals surface area contributed by atoms with Gasteiger partial charge in [-0.15, -0.1) is 0 Å². The summed E-state index contributed by atoms with van der Waals surface area (Å²) in [6.07, 6.45) is 0. The fourth-order valence-electron chi connectivity index (χ4n) is 2.47. The maximum Gasteiger partial charge on any atom is 0.337 e. The molecule has 3 heteroatoms. The molecule has 0 aliphatic carbocycles. The van der Waals surface area contributed by atoms with Gasteiger partial charge in [0, 0.05) is 17.9 Å². The van der Waals surface area contributed by atoms with Crippen molar-refractivity contribution in [1.29, 1.82) is 0 Å². The Labute approximate surface area is 113 Å². The third-order valence-electron chi connectivity index (χ3n) is 3.31. The Morgan fingerprint density at radius 2 is 1.89 bits per heavy atom. The third kappa shape index (κ3) is 2.70. The summed E-state index contributed by atoms with van der Waals surface area (Å²) in [7, 11) is 0. The minimum atomic E-state index is -0.849. The van der Waals surface area contributed by atoms with E-state index < -0.39 is 5.97 Å². The zero-order chi connectivity index (χ0) is 14.0. The van der Waals surface area contributed by atoms with E-state index in [1.54, 1.807) is 6.07 Å². The first-order valence-corrected chi connectivity index (χ1v) is 6.48. The van der Waals surface area contributed by atoms with E-state index in [0.717, 1.165) is 11.4 Å². The summed E-state index contributed by atoms with van der Waals surface area (Å²) in [5, 5.41) is 9.31. The van der Waals surface area contributed by atoms with E-state index in [9.17, 15) is 9.90 Å². The predicted octanol–water partition coefficient (Wildman–Crippen LogP) is 3.67. The van der Waals surface area contributed by atoms with E-state index in [1.807, 2.05) is 39.0 Å². The van der Waals surface area contributed by atoms with Crippen LogP contribution in [0.1, 0.15) is 47.1 Å². The Kier molecular flexibility index (Phi) is 3.74. The summed E-state index contributed by atoms with van der Waals surface area (Å²) < 4.78 is 2.10. The smallest absolute Gasteiger partial charge is 0.337 e. The molecule has 1 aromatic carbocycles. The SMILES string of the molecule is Cc1cc(C(=O)O)c(C(C)C)n1Cc1ccccc1. The highest BCUT2D eigenvalue weighted by atomic mass is 16.4.